The molecule has 1 heterocycles. The second kappa shape index (κ2) is 7.58. The van der Waals surface area contributed by atoms with Gasteiger partial charge in [-0.2, -0.15) is 0 Å². The molecule has 0 unspecified atom stereocenters. The van der Waals surface area contributed by atoms with Gasteiger partial charge in [0.25, 0.3) is 0 Å². The number of carbonyl (C=O) groups excluding carboxylic acids is 1. The molecule has 0 spiro atoms. The van der Waals surface area contributed by atoms with Gasteiger partial charge in [0.2, 0.25) is 0 Å². The first-order valence-corrected chi connectivity index (χ1v) is 8.43. The number of carboxylic acids is 1. The van der Waals surface area contributed by atoms with Crippen LogP contribution in [0.15, 0.2) is 24.3 Å². The molecule has 0 saturated carbocycles. The van der Waals surface area contributed by atoms with Gasteiger partial charge >= 0.3 is 19.1 Å². The molecule has 1 N–H and O–H groups in total. The van der Waals surface area contributed by atoms with E-state index in [1.807, 2.05) is 52.0 Å². The summed E-state index contributed by atoms with van der Waals surface area (Å²) >= 11 is 0. The Labute approximate surface area is 148 Å². The number of benzene rings is 1. The van der Waals surface area contributed by atoms with Gasteiger partial charge in [-0.3, -0.25) is 9.59 Å². The van der Waals surface area contributed by atoms with Crippen molar-refractivity contribution in [1.82, 2.24) is 0 Å². The monoisotopic (exact) mass is 348 g/mol. The number of carboxylic acid groups (broad SMARTS) is 1. The van der Waals surface area contributed by atoms with Crippen LogP contribution >= 0.6 is 0 Å². The molecule has 2 rings (SSSR count). The lowest BCUT2D eigenvalue weighted by Crippen LogP contribution is -2.41. The van der Waals surface area contributed by atoms with E-state index in [-0.39, 0.29) is 37.1 Å². The fraction of sp³-hybridized carbons (Fsp3) is 0.556. The predicted molar refractivity (Wildman–Crippen MR) is 93.4 cm³/mol. The zero-order chi connectivity index (χ0) is 18.7. The molecular formula is C18H25BO6. The summed E-state index contributed by atoms with van der Waals surface area (Å²) in [6, 6.07) is 7.53. The largest absolute Gasteiger partial charge is 0.494 e. The van der Waals surface area contributed by atoms with Gasteiger partial charge in [0.1, 0.15) is 6.61 Å². The third-order valence-corrected chi connectivity index (χ3v) is 4.68. The Morgan fingerprint density at radius 1 is 1.04 bits per heavy atom. The van der Waals surface area contributed by atoms with E-state index in [1.165, 1.54) is 0 Å². The van der Waals surface area contributed by atoms with Gasteiger partial charge < -0.3 is 19.2 Å². The highest BCUT2D eigenvalue weighted by atomic mass is 16.7. The Balaban J connectivity index is 1.84. The van der Waals surface area contributed by atoms with E-state index in [1.54, 1.807) is 0 Å². The number of ether oxygens (including phenoxy) is 1. The zero-order valence-electron chi connectivity index (χ0n) is 15.2. The molecule has 1 fully saturated rings. The summed E-state index contributed by atoms with van der Waals surface area (Å²) in [5, 5.41) is 8.54. The van der Waals surface area contributed by atoms with E-state index in [9.17, 15) is 9.59 Å². The van der Waals surface area contributed by atoms with E-state index in [2.05, 4.69) is 0 Å². The van der Waals surface area contributed by atoms with Crippen LogP contribution in [0.2, 0.25) is 0 Å². The second-order valence-corrected chi connectivity index (χ2v) is 7.24. The quantitative estimate of drug-likeness (QED) is 0.601. The Hall–Kier alpha value is -1.86. The average Bonchev–Trinajstić information content (AvgIpc) is 2.73. The zero-order valence-corrected chi connectivity index (χ0v) is 15.2. The Morgan fingerprint density at radius 2 is 1.60 bits per heavy atom. The molecule has 6 nitrogen and oxygen atoms in total. The molecule has 25 heavy (non-hydrogen) atoms. The molecule has 0 radical (unpaired) electrons. The van der Waals surface area contributed by atoms with Crippen LogP contribution in [0, 0.1) is 0 Å². The molecule has 136 valence electrons. The van der Waals surface area contributed by atoms with Crippen LogP contribution in [0.5, 0.6) is 0 Å². The van der Waals surface area contributed by atoms with E-state index in [4.69, 9.17) is 19.2 Å². The van der Waals surface area contributed by atoms with Crippen molar-refractivity contribution in [3.63, 3.8) is 0 Å². The minimum Gasteiger partial charge on any atom is -0.481 e. The van der Waals surface area contributed by atoms with Crippen molar-refractivity contribution in [2.24, 2.45) is 0 Å². The van der Waals surface area contributed by atoms with Crippen molar-refractivity contribution in [2.75, 3.05) is 0 Å². The highest BCUT2D eigenvalue weighted by Crippen LogP contribution is 2.36. The van der Waals surface area contributed by atoms with Crippen molar-refractivity contribution in [1.29, 1.82) is 0 Å². The summed E-state index contributed by atoms with van der Waals surface area (Å²) in [6.07, 6.45) is 0.366. The van der Waals surface area contributed by atoms with Crippen molar-refractivity contribution in [3.05, 3.63) is 29.8 Å². The fourth-order valence-electron chi connectivity index (χ4n) is 2.37. The molecule has 0 aromatic heterocycles. The minimum absolute atomic E-state index is 0.0299. The maximum absolute atomic E-state index is 11.6. The first-order chi connectivity index (χ1) is 11.6. The number of rotatable bonds is 7. The number of aliphatic carboxylic acids is 1. The van der Waals surface area contributed by atoms with Crippen molar-refractivity contribution in [2.45, 2.75) is 64.8 Å². The summed E-state index contributed by atoms with van der Waals surface area (Å²) in [5.41, 5.74) is 0.992. The van der Waals surface area contributed by atoms with Crippen LogP contribution in [0.4, 0.5) is 0 Å². The molecule has 0 bridgehead atoms. The van der Waals surface area contributed by atoms with E-state index < -0.39 is 19.1 Å². The average molecular weight is 348 g/mol. The van der Waals surface area contributed by atoms with Gasteiger partial charge in [-0.15, -0.1) is 0 Å². The smallest absolute Gasteiger partial charge is 0.481 e. The first kappa shape index (κ1) is 19.5. The van der Waals surface area contributed by atoms with Crippen LogP contribution in [-0.4, -0.2) is 35.4 Å². The molecule has 1 saturated heterocycles. The second-order valence-electron chi connectivity index (χ2n) is 7.24. The molecule has 0 atom stereocenters. The number of esters is 1. The highest BCUT2D eigenvalue weighted by Gasteiger charge is 2.51. The fourth-order valence-corrected chi connectivity index (χ4v) is 2.37. The Kier molecular flexibility index (Phi) is 5.90. The van der Waals surface area contributed by atoms with Gasteiger partial charge in [-0.05, 0) is 45.1 Å². The van der Waals surface area contributed by atoms with Crippen molar-refractivity contribution in [3.8, 4) is 0 Å². The molecular weight excluding hydrogens is 323 g/mol. The van der Waals surface area contributed by atoms with Crippen LogP contribution in [0.1, 0.15) is 52.5 Å². The Morgan fingerprint density at radius 3 is 2.12 bits per heavy atom. The Bertz CT molecular complexity index is 607. The summed E-state index contributed by atoms with van der Waals surface area (Å²) in [4.78, 5) is 22.0. The number of carbonyl (C=O) groups is 2. The van der Waals surface area contributed by atoms with Gasteiger partial charge in [0.15, 0.2) is 0 Å². The van der Waals surface area contributed by atoms with Crippen LogP contribution in [0.25, 0.3) is 0 Å². The highest BCUT2D eigenvalue weighted by molar-refractivity contribution is 6.62. The maximum atomic E-state index is 11.6. The van der Waals surface area contributed by atoms with Crippen LogP contribution in [0.3, 0.4) is 0 Å². The third kappa shape index (κ3) is 5.06. The summed E-state index contributed by atoms with van der Waals surface area (Å²) < 4.78 is 17.1. The lowest BCUT2D eigenvalue weighted by molar-refractivity contribution is -0.145. The number of hydrogen-bond acceptors (Lipinski definition) is 5. The molecule has 1 aliphatic heterocycles. The summed E-state index contributed by atoms with van der Waals surface area (Å²) in [5.74, 6) is -1.30. The molecule has 1 aromatic carbocycles. The third-order valence-electron chi connectivity index (χ3n) is 4.68. The molecule has 0 amide bonds. The standard InChI is InChI=1S/C18H25BO6/c1-17(2)18(3,4)25-19(24-17)14-10-8-13(9-11-14)12-23-16(22)7-5-6-15(20)21/h8-11H,5-7,12H2,1-4H3,(H,20,21). The molecule has 1 aromatic rings. The number of hydrogen-bond donors (Lipinski definition) is 1. The normalized spacial score (nSPS) is 18.2. The van der Waals surface area contributed by atoms with Crippen molar-refractivity contribution < 1.29 is 28.7 Å². The van der Waals surface area contributed by atoms with Crippen LogP contribution < -0.4 is 5.46 Å². The minimum atomic E-state index is -0.911. The van der Waals surface area contributed by atoms with E-state index >= 15 is 0 Å². The molecule has 7 heteroatoms. The van der Waals surface area contributed by atoms with Gasteiger partial charge in [-0.25, -0.2) is 0 Å². The van der Waals surface area contributed by atoms with Gasteiger partial charge in [-0.1, -0.05) is 24.3 Å². The predicted octanol–water partition coefficient (Wildman–Crippen LogP) is 2.28. The van der Waals surface area contributed by atoms with Crippen molar-refractivity contribution >= 4 is 24.5 Å². The summed E-state index contributed by atoms with van der Waals surface area (Å²) in [7, 11) is -0.419. The lowest BCUT2D eigenvalue weighted by atomic mass is 9.79. The van der Waals surface area contributed by atoms with E-state index in [0.29, 0.717) is 0 Å². The van der Waals surface area contributed by atoms with E-state index in [0.717, 1.165) is 11.0 Å². The first-order valence-electron chi connectivity index (χ1n) is 8.43. The van der Waals surface area contributed by atoms with Crippen LogP contribution in [-0.2, 0) is 30.2 Å². The van der Waals surface area contributed by atoms with Gasteiger partial charge in [0, 0.05) is 12.8 Å². The summed E-state index contributed by atoms with van der Waals surface area (Å²) in [6.45, 7) is 8.18. The molecule has 1 aliphatic rings. The topological polar surface area (TPSA) is 82.1 Å². The lowest BCUT2D eigenvalue weighted by Gasteiger charge is -2.32. The SMILES string of the molecule is CC1(C)OB(c2ccc(COC(=O)CCCC(=O)O)cc2)OC1(C)C. The molecule has 0 aliphatic carbocycles. The maximum Gasteiger partial charge on any atom is 0.494 e. The van der Waals surface area contributed by atoms with Gasteiger partial charge in [0.05, 0.1) is 11.2 Å².